The van der Waals surface area contributed by atoms with Crippen LogP contribution in [0.2, 0.25) is 0 Å². The van der Waals surface area contributed by atoms with Crippen molar-refractivity contribution < 1.29 is 15.0 Å². The predicted molar refractivity (Wildman–Crippen MR) is 122 cm³/mol. The summed E-state index contributed by atoms with van der Waals surface area (Å²) < 4.78 is 2.09. The molecule has 0 spiro atoms. The van der Waals surface area contributed by atoms with E-state index in [9.17, 15) is 15.0 Å². The maximum atomic E-state index is 11.5. The summed E-state index contributed by atoms with van der Waals surface area (Å²) in [6.07, 6.45) is 2.39. The maximum Gasteiger partial charge on any atom is 0.305 e. The van der Waals surface area contributed by atoms with E-state index in [-0.39, 0.29) is 12.5 Å². The van der Waals surface area contributed by atoms with Crippen molar-refractivity contribution in [2.24, 2.45) is 7.05 Å². The molecule has 0 amide bonds. The van der Waals surface area contributed by atoms with E-state index in [1.54, 1.807) is 11.0 Å². The minimum absolute atomic E-state index is 0.0813. The Balaban J connectivity index is 1.77. The average molecular weight is 424 g/mol. The highest BCUT2D eigenvalue weighted by atomic mass is 16.4. The molecule has 3 heterocycles. The van der Waals surface area contributed by atoms with Crippen LogP contribution >= 0.6 is 0 Å². The Hall–Kier alpha value is -3.26. The number of aliphatic hydroxyl groups is 1. The lowest BCUT2D eigenvalue weighted by atomic mass is 10.1. The minimum Gasteiger partial charge on any atom is -0.481 e. The van der Waals surface area contributed by atoms with E-state index < -0.39 is 12.3 Å². The fourth-order valence-corrected chi connectivity index (χ4v) is 4.69. The maximum absolute atomic E-state index is 11.5. The van der Waals surface area contributed by atoms with E-state index in [1.165, 1.54) is 5.56 Å². The van der Waals surface area contributed by atoms with Gasteiger partial charge in [-0.3, -0.25) is 4.79 Å². The number of nitrogen functional groups attached to an aromatic ring is 1. The molecule has 8 nitrogen and oxygen atoms in total. The van der Waals surface area contributed by atoms with Gasteiger partial charge in [0.25, 0.3) is 0 Å². The standard InChI is InChI=1S/C23H29N5O3/c1-4-6-16(11-20(29)30)28-22-18(9-10-19(24)25-22)27(23(28)31)13-15-12-26(3)17-8-5-7-14(2)21(15)17/h5,7-10,12,16,23,31H,4,6,11,13H2,1-3H3,(H2,24,25)(H,29,30). The molecule has 3 aromatic rings. The molecule has 2 atom stereocenters. The van der Waals surface area contributed by atoms with Gasteiger partial charge in [0.05, 0.1) is 12.1 Å². The number of aryl methyl sites for hydroxylation is 2. The molecule has 0 aliphatic carbocycles. The molecule has 1 aromatic carbocycles. The third-order valence-corrected chi connectivity index (χ3v) is 6.03. The van der Waals surface area contributed by atoms with Crippen LogP contribution in [0, 0.1) is 6.92 Å². The zero-order chi connectivity index (χ0) is 22.3. The van der Waals surface area contributed by atoms with E-state index in [4.69, 9.17) is 5.73 Å². The van der Waals surface area contributed by atoms with Crippen LogP contribution in [0.5, 0.6) is 0 Å². The molecule has 0 saturated heterocycles. The van der Waals surface area contributed by atoms with Gasteiger partial charge in [0.15, 0.2) is 5.82 Å². The van der Waals surface area contributed by atoms with Crippen molar-refractivity contribution in [3.63, 3.8) is 0 Å². The largest absolute Gasteiger partial charge is 0.481 e. The quantitative estimate of drug-likeness (QED) is 0.535. The number of anilines is 3. The number of aliphatic hydroxyl groups excluding tert-OH is 1. The Labute approximate surface area is 181 Å². The van der Waals surface area contributed by atoms with Crippen LogP contribution in [-0.4, -0.2) is 38.1 Å². The molecular weight excluding hydrogens is 394 g/mol. The predicted octanol–water partition coefficient (Wildman–Crippen LogP) is 3.21. The van der Waals surface area contributed by atoms with Gasteiger partial charge >= 0.3 is 5.97 Å². The highest BCUT2D eigenvalue weighted by Crippen LogP contribution is 2.42. The number of benzene rings is 1. The molecule has 2 aromatic heterocycles. The van der Waals surface area contributed by atoms with Gasteiger partial charge in [-0.1, -0.05) is 25.5 Å². The van der Waals surface area contributed by atoms with Crippen LogP contribution in [0.1, 0.15) is 37.3 Å². The number of fused-ring (bicyclic) bond motifs is 2. The molecule has 0 radical (unpaired) electrons. The van der Waals surface area contributed by atoms with Gasteiger partial charge in [0.1, 0.15) is 5.82 Å². The second-order valence-corrected chi connectivity index (χ2v) is 8.24. The number of carboxylic acid groups (broad SMARTS) is 1. The van der Waals surface area contributed by atoms with Crippen molar-refractivity contribution >= 4 is 34.2 Å². The van der Waals surface area contributed by atoms with Crippen molar-refractivity contribution in [1.82, 2.24) is 9.55 Å². The van der Waals surface area contributed by atoms with E-state index in [2.05, 4.69) is 34.8 Å². The molecule has 1 aliphatic heterocycles. The highest BCUT2D eigenvalue weighted by Gasteiger charge is 2.40. The molecule has 31 heavy (non-hydrogen) atoms. The fraction of sp³-hybridized carbons (Fsp3) is 0.391. The number of hydrogen-bond donors (Lipinski definition) is 3. The van der Waals surface area contributed by atoms with E-state index >= 15 is 0 Å². The number of nitrogens with zero attached hydrogens (tertiary/aromatic N) is 4. The lowest BCUT2D eigenvalue weighted by molar-refractivity contribution is -0.137. The Morgan fingerprint density at radius 3 is 2.77 bits per heavy atom. The molecular formula is C23H29N5O3. The highest BCUT2D eigenvalue weighted by molar-refractivity contribution is 5.88. The van der Waals surface area contributed by atoms with Crippen molar-refractivity contribution in [2.45, 2.75) is 52.0 Å². The number of pyridine rings is 1. The minimum atomic E-state index is -1.03. The molecule has 4 N–H and O–H groups in total. The molecule has 4 rings (SSSR count). The SMILES string of the molecule is CCCC(CC(=O)O)N1c2nc(N)ccc2N(Cc2cn(C)c3cccc(C)c23)C1O. The van der Waals surface area contributed by atoms with Crippen molar-refractivity contribution in [1.29, 1.82) is 0 Å². The van der Waals surface area contributed by atoms with E-state index in [0.29, 0.717) is 24.6 Å². The Morgan fingerprint density at radius 2 is 2.06 bits per heavy atom. The number of carbonyl (C=O) groups is 1. The Kier molecular flexibility index (Phi) is 5.49. The summed E-state index contributed by atoms with van der Waals surface area (Å²) in [7, 11) is 2.01. The third-order valence-electron chi connectivity index (χ3n) is 6.03. The number of hydrogen-bond acceptors (Lipinski definition) is 6. The van der Waals surface area contributed by atoms with Gasteiger partial charge in [-0.05, 0) is 42.7 Å². The molecule has 164 valence electrons. The van der Waals surface area contributed by atoms with Gasteiger partial charge in [-0.2, -0.15) is 0 Å². The molecule has 2 unspecified atom stereocenters. The average Bonchev–Trinajstić information content (AvgIpc) is 3.16. The van der Waals surface area contributed by atoms with Crippen LogP contribution in [0.3, 0.4) is 0 Å². The lowest BCUT2D eigenvalue weighted by Crippen LogP contribution is -2.48. The first-order valence-electron chi connectivity index (χ1n) is 10.6. The van der Waals surface area contributed by atoms with Crippen LogP contribution in [0.4, 0.5) is 17.3 Å². The monoisotopic (exact) mass is 423 g/mol. The normalized spacial score (nSPS) is 16.7. The van der Waals surface area contributed by atoms with Gasteiger partial charge < -0.3 is 30.3 Å². The molecule has 1 aliphatic rings. The van der Waals surface area contributed by atoms with Gasteiger partial charge in [-0.15, -0.1) is 0 Å². The summed E-state index contributed by atoms with van der Waals surface area (Å²) in [5.74, 6) is -0.0345. The first-order valence-corrected chi connectivity index (χ1v) is 10.6. The summed E-state index contributed by atoms with van der Waals surface area (Å²) in [5.41, 5.74) is 10.1. The van der Waals surface area contributed by atoms with Crippen LogP contribution in [0.15, 0.2) is 36.5 Å². The summed E-state index contributed by atoms with van der Waals surface area (Å²) in [6.45, 7) is 4.55. The number of aromatic nitrogens is 2. The van der Waals surface area contributed by atoms with Crippen molar-refractivity contribution in [3.8, 4) is 0 Å². The van der Waals surface area contributed by atoms with Crippen LogP contribution in [0.25, 0.3) is 10.9 Å². The second-order valence-electron chi connectivity index (χ2n) is 8.24. The van der Waals surface area contributed by atoms with E-state index in [0.717, 1.165) is 28.6 Å². The molecule has 0 fully saturated rings. The summed E-state index contributed by atoms with van der Waals surface area (Å²) in [6, 6.07) is 9.38. The van der Waals surface area contributed by atoms with Crippen LogP contribution < -0.4 is 15.5 Å². The second kappa shape index (κ2) is 8.11. The van der Waals surface area contributed by atoms with Gasteiger partial charge in [0.2, 0.25) is 6.35 Å². The number of rotatable bonds is 7. The summed E-state index contributed by atoms with van der Waals surface area (Å²) >= 11 is 0. The Morgan fingerprint density at radius 1 is 1.29 bits per heavy atom. The molecule has 0 bridgehead atoms. The molecule has 0 saturated carbocycles. The summed E-state index contributed by atoms with van der Waals surface area (Å²) in [4.78, 5) is 19.6. The zero-order valence-electron chi connectivity index (χ0n) is 18.1. The van der Waals surface area contributed by atoms with Gasteiger partial charge in [-0.25, -0.2) is 4.98 Å². The third kappa shape index (κ3) is 3.67. The van der Waals surface area contributed by atoms with Crippen LogP contribution in [-0.2, 0) is 18.4 Å². The first-order chi connectivity index (χ1) is 14.8. The number of nitrogens with two attached hydrogens (primary N) is 1. The topological polar surface area (TPSA) is 108 Å². The fourth-order valence-electron chi connectivity index (χ4n) is 4.69. The number of carboxylic acids is 1. The van der Waals surface area contributed by atoms with Crippen molar-refractivity contribution in [3.05, 3.63) is 47.7 Å². The van der Waals surface area contributed by atoms with Crippen molar-refractivity contribution in [2.75, 3.05) is 15.5 Å². The Bertz CT molecular complexity index is 1130. The smallest absolute Gasteiger partial charge is 0.305 e. The number of aliphatic carboxylic acids is 1. The summed E-state index contributed by atoms with van der Waals surface area (Å²) in [5, 5.41) is 22.0. The lowest BCUT2D eigenvalue weighted by Gasteiger charge is -2.33. The first kappa shape index (κ1) is 21.0. The molecule has 8 heteroatoms. The van der Waals surface area contributed by atoms with E-state index in [1.807, 2.05) is 31.0 Å². The van der Waals surface area contributed by atoms with Gasteiger partial charge in [0, 0.05) is 36.7 Å². The zero-order valence-corrected chi connectivity index (χ0v) is 18.1.